The molecule has 0 unspecified atom stereocenters. The highest BCUT2D eigenvalue weighted by atomic mass is 32.1. The van der Waals surface area contributed by atoms with Crippen molar-refractivity contribution in [3.8, 4) is 0 Å². The molecule has 0 saturated carbocycles. The third-order valence-corrected chi connectivity index (χ3v) is 2.55. The summed E-state index contributed by atoms with van der Waals surface area (Å²) < 4.78 is 0. The molecule has 72 valence electrons. The van der Waals surface area contributed by atoms with Gasteiger partial charge in [0.1, 0.15) is 0 Å². The molecule has 3 heteroatoms. The van der Waals surface area contributed by atoms with Gasteiger partial charge in [0.15, 0.2) is 0 Å². The first-order valence-corrected chi connectivity index (χ1v) is 4.67. The normalized spacial score (nSPS) is 12.2. The van der Waals surface area contributed by atoms with E-state index in [0.717, 1.165) is 12.1 Å². The van der Waals surface area contributed by atoms with Crippen LogP contribution in [0.15, 0.2) is 12.2 Å². The molecule has 0 radical (unpaired) electrons. The van der Waals surface area contributed by atoms with E-state index in [4.69, 9.17) is 5.11 Å². The Kier molecular flexibility index (Phi) is 4.90. The molecule has 0 fully saturated rings. The second-order valence-corrected chi connectivity index (χ2v) is 4.05. The van der Waals surface area contributed by atoms with Crippen molar-refractivity contribution in [1.29, 1.82) is 0 Å². The van der Waals surface area contributed by atoms with Crippen LogP contribution in [0.2, 0.25) is 0 Å². The summed E-state index contributed by atoms with van der Waals surface area (Å²) in [6.07, 6.45) is 0. The van der Waals surface area contributed by atoms with Gasteiger partial charge in [-0.3, -0.25) is 4.90 Å². The zero-order chi connectivity index (χ0) is 9.78. The van der Waals surface area contributed by atoms with Gasteiger partial charge in [-0.2, -0.15) is 12.6 Å². The summed E-state index contributed by atoms with van der Waals surface area (Å²) in [7, 11) is 1.98. The standard InChI is InChI=1S/C9H19NOS/c1-8(6-12)5-10(4)9(2,3)7-11/h11-12H,1,5-7H2,2-4H3. The predicted molar refractivity (Wildman–Crippen MR) is 56.8 cm³/mol. The monoisotopic (exact) mass is 189 g/mol. The van der Waals surface area contributed by atoms with Crippen LogP contribution in [-0.4, -0.2) is 41.5 Å². The highest BCUT2D eigenvalue weighted by molar-refractivity contribution is 7.80. The molecular formula is C9H19NOS. The van der Waals surface area contributed by atoms with Crippen LogP contribution in [-0.2, 0) is 0 Å². The average molecular weight is 189 g/mol. The highest BCUT2D eigenvalue weighted by Gasteiger charge is 2.21. The summed E-state index contributed by atoms with van der Waals surface area (Å²) in [4.78, 5) is 2.07. The molecule has 0 bridgehead atoms. The maximum Gasteiger partial charge on any atom is 0.0610 e. The molecule has 0 aromatic carbocycles. The lowest BCUT2D eigenvalue weighted by molar-refractivity contribution is 0.0868. The van der Waals surface area contributed by atoms with Crippen molar-refractivity contribution >= 4 is 12.6 Å². The molecular weight excluding hydrogens is 170 g/mol. The Bertz CT molecular complexity index is 157. The number of hydrogen-bond acceptors (Lipinski definition) is 3. The molecule has 0 spiro atoms. The molecule has 0 aliphatic heterocycles. The number of likely N-dealkylation sites (N-methyl/N-ethyl adjacent to an activating group) is 1. The van der Waals surface area contributed by atoms with Crippen molar-refractivity contribution in [3.05, 3.63) is 12.2 Å². The van der Waals surface area contributed by atoms with Crippen LogP contribution in [0.3, 0.4) is 0 Å². The summed E-state index contributed by atoms with van der Waals surface area (Å²) >= 11 is 4.13. The Morgan fingerprint density at radius 2 is 2.08 bits per heavy atom. The average Bonchev–Trinajstić information content (AvgIpc) is 2.04. The lowest BCUT2D eigenvalue weighted by Crippen LogP contribution is -2.45. The van der Waals surface area contributed by atoms with Crippen LogP contribution >= 0.6 is 12.6 Å². The minimum Gasteiger partial charge on any atom is -0.394 e. The molecule has 0 aliphatic rings. The molecule has 1 N–H and O–H groups in total. The number of aliphatic hydroxyl groups is 1. The van der Waals surface area contributed by atoms with Crippen molar-refractivity contribution in [2.75, 3.05) is 26.0 Å². The third-order valence-electron chi connectivity index (χ3n) is 2.10. The van der Waals surface area contributed by atoms with Gasteiger partial charge in [0.2, 0.25) is 0 Å². The van der Waals surface area contributed by atoms with Crippen LogP contribution in [0.1, 0.15) is 13.8 Å². The van der Waals surface area contributed by atoms with Gasteiger partial charge in [-0.05, 0) is 20.9 Å². The zero-order valence-corrected chi connectivity index (χ0v) is 9.06. The molecule has 0 heterocycles. The summed E-state index contributed by atoms with van der Waals surface area (Å²) in [6, 6.07) is 0. The van der Waals surface area contributed by atoms with E-state index in [9.17, 15) is 0 Å². The molecule has 0 rings (SSSR count). The van der Waals surface area contributed by atoms with Gasteiger partial charge in [0.05, 0.1) is 6.61 Å². The van der Waals surface area contributed by atoms with Crippen LogP contribution < -0.4 is 0 Å². The third kappa shape index (κ3) is 3.61. The Morgan fingerprint density at radius 1 is 1.58 bits per heavy atom. The Labute approximate surface area is 80.7 Å². The van der Waals surface area contributed by atoms with E-state index >= 15 is 0 Å². The fourth-order valence-corrected chi connectivity index (χ4v) is 0.820. The van der Waals surface area contributed by atoms with E-state index in [1.165, 1.54) is 0 Å². The molecule has 12 heavy (non-hydrogen) atoms. The van der Waals surface area contributed by atoms with Gasteiger partial charge in [0.25, 0.3) is 0 Å². The van der Waals surface area contributed by atoms with Crippen molar-refractivity contribution in [2.45, 2.75) is 19.4 Å². The fourth-order valence-electron chi connectivity index (χ4n) is 0.720. The van der Waals surface area contributed by atoms with E-state index in [2.05, 4.69) is 24.1 Å². The number of hydrogen-bond donors (Lipinski definition) is 2. The summed E-state index contributed by atoms with van der Waals surface area (Å²) in [5.74, 6) is 0.700. The second kappa shape index (κ2) is 4.90. The van der Waals surface area contributed by atoms with Crippen LogP contribution in [0.25, 0.3) is 0 Å². The fraction of sp³-hybridized carbons (Fsp3) is 0.778. The van der Waals surface area contributed by atoms with Gasteiger partial charge in [-0.1, -0.05) is 12.2 Å². The first-order chi connectivity index (χ1) is 5.44. The molecule has 0 aromatic rings. The Morgan fingerprint density at radius 3 is 2.42 bits per heavy atom. The second-order valence-electron chi connectivity index (χ2n) is 3.73. The molecule has 0 saturated heterocycles. The summed E-state index contributed by atoms with van der Waals surface area (Å²) in [6.45, 7) is 8.80. The number of rotatable bonds is 5. The van der Waals surface area contributed by atoms with Crippen LogP contribution in [0.5, 0.6) is 0 Å². The van der Waals surface area contributed by atoms with Crippen molar-refractivity contribution in [2.24, 2.45) is 0 Å². The molecule has 0 aliphatic carbocycles. The molecule has 0 amide bonds. The summed E-state index contributed by atoms with van der Waals surface area (Å²) in [5, 5.41) is 9.06. The summed E-state index contributed by atoms with van der Waals surface area (Å²) in [5.41, 5.74) is 0.897. The van der Waals surface area contributed by atoms with E-state index in [1.54, 1.807) is 0 Å². The number of aliphatic hydroxyl groups excluding tert-OH is 1. The maximum absolute atomic E-state index is 9.06. The lowest BCUT2D eigenvalue weighted by atomic mass is 10.0. The lowest BCUT2D eigenvalue weighted by Gasteiger charge is -2.34. The van der Waals surface area contributed by atoms with E-state index in [1.807, 2.05) is 20.9 Å². The Balaban J connectivity index is 4.02. The topological polar surface area (TPSA) is 23.5 Å². The quantitative estimate of drug-likeness (QED) is 0.501. The molecule has 0 atom stereocenters. The SMILES string of the molecule is C=C(CS)CN(C)C(C)(C)CO. The minimum absolute atomic E-state index is 0.156. The van der Waals surface area contributed by atoms with E-state index in [0.29, 0.717) is 5.75 Å². The number of nitrogens with zero attached hydrogens (tertiary/aromatic N) is 1. The molecule has 0 aromatic heterocycles. The van der Waals surface area contributed by atoms with Gasteiger partial charge >= 0.3 is 0 Å². The van der Waals surface area contributed by atoms with Crippen LogP contribution in [0, 0.1) is 0 Å². The number of thiol groups is 1. The van der Waals surface area contributed by atoms with Gasteiger partial charge < -0.3 is 5.11 Å². The highest BCUT2D eigenvalue weighted by Crippen LogP contribution is 2.12. The Hall–Kier alpha value is 0.01000. The largest absolute Gasteiger partial charge is 0.394 e. The smallest absolute Gasteiger partial charge is 0.0610 e. The minimum atomic E-state index is -0.175. The van der Waals surface area contributed by atoms with Gasteiger partial charge in [-0.15, -0.1) is 0 Å². The van der Waals surface area contributed by atoms with Crippen molar-refractivity contribution in [1.82, 2.24) is 4.90 Å². The van der Waals surface area contributed by atoms with E-state index in [-0.39, 0.29) is 12.1 Å². The predicted octanol–water partition coefficient (Wildman–Crippen LogP) is 1.18. The zero-order valence-electron chi connectivity index (χ0n) is 8.17. The van der Waals surface area contributed by atoms with E-state index < -0.39 is 0 Å². The van der Waals surface area contributed by atoms with Gasteiger partial charge in [-0.25, -0.2) is 0 Å². The van der Waals surface area contributed by atoms with Gasteiger partial charge in [0, 0.05) is 17.8 Å². The maximum atomic E-state index is 9.06. The van der Waals surface area contributed by atoms with Crippen molar-refractivity contribution < 1.29 is 5.11 Å². The first kappa shape index (κ1) is 12.0. The molecule has 2 nitrogen and oxygen atoms in total. The van der Waals surface area contributed by atoms with Crippen molar-refractivity contribution in [3.63, 3.8) is 0 Å². The van der Waals surface area contributed by atoms with Crippen LogP contribution in [0.4, 0.5) is 0 Å². The first-order valence-electron chi connectivity index (χ1n) is 4.03.